The molecular weight excluding hydrogens is 314 g/mol. The second-order valence-corrected chi connectivity index (χ2v) is 6.01. The molecule has 0 aliphatic carbocycles. The molecule has 1 N–H and O–H groups in total. The van der Waals surface area contributed by atoms with Crippen LogP contribution in [0.4, 0.5) is 0 Å². The molecule has 0 unspecified atom stereocenters. The minimum Gasteiger partial charge on any atom is -0.350 e. The highest BCUT2D eigenvalue weighted by Crippen LogP contribution is 2.12. The number of carbonyl (C=O) groups is 2. The van der Waals surface area contributed by atoms with Crippen molar-refractivity contribution in [3.05, 3.63) is 66.0 Å². The predicted molar refractivity (Wildman–Crippen MR) is 97.4 cm³/mol. The van der Waals surface area contributed by atoms with Crippen molar-refractivity contribution in [3.8, 4) is 0 Å². The fourth-order valence-corrected chi connectivity index (χ4v) is 2.56. The zero-order chi connectivity index (χ0) is 18.1. The van der Waals surface area contributed by atoms with Crippen molar-refractivity contribution in [1.29, 1.82) is 0 Å². The van der Waals surface area contributed by atoms with E-state index in [0.717, 1.165) is 17.5 Å². The number of pyridine rings is 1. The summed E-state index contributed by atoms with van der Waals surface area (Å²) in [4.78, 5) is 30.7. The van der Waals surface area contributed by atoms with Crippen LogP contribution in [0.25, 0.3) is 0 Å². The Hall–Kier alpha value is -2.69. The summed E-state index contributed by atoms with van der Waals surface area (Å²) in [5, 5.41) is 2.89. The van der Waals surface area contributed by atoms with Gasteiger partial charge in [-0.25, -0.2) is 0 Å². The highest BCUT2D eigenvalue weighted by molar-refractivity contribution is 5.87. The summed E-state index contributed by atoms with van der Waals surface area (Å²) in [6.45, 7) is 4.57. The van der Waals surface area contributed by atoms with Crippen molar-refractivity contribution in [1.82, 2.24) is 15.2 Å². The summed E-state index contributed by atoms with van der Waals surface area (Å²) in [5.41, 5.74) is 1.94. The first-order valence-corrected chi connectivity index (χ1v) is 8.61. The number of rotatable bonds is 8. The lowest BCUT2D eigenvalue weighted by atomic mass is 10.1. The second kappa shape index (κ2) is 9.57. The first-order valence-electron chi connectivity index (χ1n) is 8.61. The van der Waals surface area contributed by atoms with E-state index in [1.807, 2.05) is 49.4 Å². The summed E-state index contributed by atoms with van der Waals surface area (Å²) in [7, 11) is 0. The maximum absolute atomic E-state index is 12.5. The lowest BCUT2D eigenvalue weighted by molar-refractivity contribution is -0.140. The van der Waals surface area contributed by atoms with Gasteiger partial charge >= 0.3 is 0 Å². The Labute approximate surface area is 149 Å². The summed E-state index contributed by atoms with van der Waals surface area (Å²) < 4.78 is 0. The quantitative estimate of drug-likeness (QED) is 0.804. The summed E-state index contributed by atoms with van der Waals surface area (Å²) in [6.07, 6.45) is 4.61. The largest absolute Gasteiger partial charge is 0.350 e. The third-order valence-corrected chi connectivity index (χ3v) is 4.02. The van der Waals surface area contributed by atoms with Crippen molar-refractivity contribution >= 4 is 11.8 Å². The van der Waals surface area contributed by atoms with Crippen LogP contribution in [0.5, 0.6) is 0 Å². The number of amides is 2. The Morgan fingerprint density at radius 2 is 1.84 bits per heavy atom. The van der Waals surface area contributed by atoms with Crippen molar-refractivity contribution in [3.63, 3.8) is 0 Å². The fourth-order valence-electron chi connectivity index (χ4n) is 2.56. The van der Waals surface area contributed by atoms with Gasteiger partial charge in [0.25, 0.3) is 0 Å². The van der Waals surface area contributed by atoms with Crippen LogP contribution in [-0.4, -0.2) is 27.7 Å². The molecule has 0 fully saturated rings. The molecule has 1 heterocycles. The average Bonchev–Trinajstić information content (AvgIpc) is 2.65. The number of nitrogens with zero attached hydrogens (tertiary/aromatic N) is 2. The number of nitrogens with one attached hydrogen (secondary N) is 1. The van der Waals surface area contributed by atoms with Crippen LogP contribution in [0.1, 0.15) is 37.8 Å². The van der Waals surface area contributed by atoms with Gasteiger partial charge in [-0.1, -0.05) is 43.3 Å². The maximum Gasteiger partial charge on any atom is 0.242 e. The van der Waals surface area contributed by atoms with E-state index in [4.69, 9.17) is 0 Å². The molecule has 5 nitrogen and oxygen atoms in total. The molecule has 0 bridgehead atoms. The van der Waals surface area contributed by atoms with E-state index in [0.29, 0.717) is 19.5 Å². The Kier molecular flexibility index (Phi) is 7.14. The third kappa shape index (κ3) is 5.71. The first kappa shape index (κ1) is 18.6. The van der Waals surface area contributed by atoms with Gasteiger partial charge in [0.15, 0.2) is 0 Å². The van der Waals surface area contributed by atoms with E-state index in [1.165, 1.54) is 0 Å². The lowest BCUT2D eigenvalue weighted by Gasteiger charge is -2.28. The molecule has 0 saturated heterocycles. The molecule has 0 saturated carbocycles. The predicted octanol–water partition coefficient (Wildman–Crippen LogP) is 2.92. The van der Waals surface area contributed by atoms with Gasteiger partial charge in [-0.3, -0.25) is 14.6 Å². The zero-order valence-electron chi connectivity index (χ0n) is 14.8. The highest BCUT2D eigenvalue weighted by Gasteiger charge is 2.25. The van der Waals surface area contributed by atoms with Gasteiger partial charge in [0.05, 0.1) is 0 Å². The molecule has 1 atom stereocenters. The summed E-state index contributed by atoms with van der Waals surface area (Å²) >= 11 is 0. The molecule has 2 aromatic rings. The van der Waals surface area contributed by atoms with Crippen molar-refractivity contribution in [2.24, 2.45) is 0 Å². The van der Waals surface area contributed by atoms with Crippen molar-refractivity contribution in [2.45, 2.75) is 45.8 Å². The van der Waals surface area contributed by atoms with Crippen LogP contribution in [0, 0.1) is 0 Å². The van der Waals surface area contributed by atoms with Crippen LogP contribution in [0.15, 0.2) is 54.9 Å². The van der Waals surface area contributed by atoms with Crippen LogP contribution in [0.3, 0.4) is 0 Å². The molecule has 0 spiro atoms. The van der Waals surface area contributed by atoms with Gasteiger partial charge in [0.1, 0.15) is 6.04 Å². The molecule has 2 rings (SSSR count). The molecule has 132 valence electrons. The second-order valence-electron chi connectivity index (χ2n) is 6.01. The molecule has 0 radical (unpaired) electrons. The molecule has 25 heavy (non-hydrogen) atoms. The van der Waals surface area contributed by atoms with Gasteiger partial charge < -0.3 is 10.2 Å². The molecule has 0 aliphatic heterocycles. The molecule has 1 aromatic heterocycles. The van der Waals surface area contributed by atoms with E-state index in [1.54, 1.807) is 24.2 Å². The van der Waals surface area contributed by atoms with Crippen molar-refractivity contribution < 1.29 is 9.59 Å². The SMILES string of the molecule is CCCC(=O)N(Cc1ccccc1)[C@@H](C)C(=O)NCc1cccnc1. The van der Waals surface area contributed by atoms with E-state index in [-0.39, 0.29) is 11.8 Å². The summed E-state index contributed by atoms with van der Waals surface area (Å²) in [6, 6.07) is 12.9. The number of aromatic nitrogens is 1. The van der Waals surface area contributed by atoms with Crippen LogP contribution >= 0.6 is 0 Å². The zero-order valence-corrected chi connectivity index (χ0v) is 14.8. The Morgan fingerprint density at radius 3 is 2.48 bits per heavy atom. The third-order valence-electron chi connectivity index (χ3n) is 4.02. The standard InChI is InChI=1S/C20H25N3O2/c1-3-8-19(24)23(15-17-9-5-4-6-10-17)16(2)20(25)22-14-18-11-7-12-21-13-18/h4-7,9-13,16H,3,8,14-15H2,1-2H3,(H,22,25)/t16-/m0/s1. The molecule has 2 amide bonds. The Bertz CT molecular complexity index is 674. The Morgan fingerprint density at radius 1 is 1.12 bits per heavy atom. The van der Waals surface area contributed by atoms with E-state index in [2.05, 4.69) is 10.3 Å². The first-order chi connectivity index (χ1) is 12.1. The Balaban J connectivity index is 2.04. The monoisotopic (exact) mass is 339 g/mol. The molecule has 5 heteroatoms. The van der Waals surface area contributed by atoms with Crippen LogP contribution in [0.2, 0.25) is 0 Å². The fraction of sp³-hybridized carbons (Fsp3) is 0.350. The number of hydrogen-bond acceptors (Lipinski definition) is 3. The topological polar surface area (TPSA) is 62.3 Å². The minimum absolute atomic E-state index is 0.00428. The normalized spacial score (nSPS) is 11.6. The van der Waals surface area contributed by atoms with Crippen molar-refractivity contribution in [2.75, 3.05) is 0 Å². The number of benzene rings is 1. The minimum atomic E-state index is -0.532. The summed E-state index contributed by atoms with van der Waals surface area (Å²) in [5.74, 6) is -0.167. The molecule has 0 aliphatic rings. The number of hydrogen-bond donors (Lipinski definition) is 1. The van der Waals surface area contributed by atoms with Gasteiger partial charge in [-0.05, 0) is 30.5 Å². The lowest BCUT2D eigenvalue weighted by Crippen LogP contribution is -2.47. The smallest absolute Gasteiger partial charge is 0.242 e. The van der Waals surface area contributed by atoms with E-state index >= 15 is 0 Å². The van der Waals surface area contributed by atoms with Gasteiger partial charge in [0, 0.05) is 31.9 Å². The maximum atomic E-state index is 12.5. The van der Waals surface area contributed by atoms with E-state index < -0.39 is 6.04 Å². The van der Waals surface area contributed by atoms with Crippen LogP contribution in [-0.2, 0) is 22.7 Å². The number of carbonyl (C=O) groups excluding carboxylic acids is 2. The van der Waals surface area contributed by atoms with Gasteiger partial charge in [0.2, 0.25) is 11.8 Å². The average molecular weight is 339 g/mol. The van der Waals surface area contributed by atoms with Gasteiger partial charge in [-0.2, -0.15) is 0 Å². The molecular formula is C20H25N3O2. The highest BCUT2D eigenvalue weighted by atomic mass is 16.2. The molecule has 1 aromatic carbocycles. The van der Waals surface area contributed by atoms with E-state index in [9.17, 15) is 9.59 Å². The van der Waals surface area contributed by atoms with Gasteiger partial charge in [-0.15, -0.1) is 0 Å². The van der Waals surface area contributed by atoms with Crippen LogP contribution < -0.4 is 5.32 Å².